The number of rotatable bonds is 3. The molecule has 14 heavy (non-hydrogen) atoms. The second-order valence-corrected chi connectivity index (χ2v) is 5.44. The molecule has 0 aromatic carbocycles. The maximum absolute atomic E-state index is 11.8. The Balaban J connectivity index is 2.43. The van der Waals surface area contributed by atoms with E-state index in [1.165, 1.54) is 0 Å². The van der Waals surface area contributed by atoms with E-state index in [0.717, 1.165) is 12.3 Å². The maximum Gasteiger partial charge on any atom is 0.227 e. The first-order valence-corrected chi connectivity index (χ1v) is 5.79. The first-order chi connectivity index (χ1) is 6.38. The normalized spacial score (nSPS) is 32.2. The summed E-state index contributed by atoms with van der Waals surface area (Å²) in [6, 6.07) is 0.361. The Kier molecular flexibility index (Phi) is 3.46. The quantitative estimate of drug-likeness (QED) is 0.723. The zero-order valence-corrected chi connectivity index (χ0v) is 10.2. The van der Waals surface area contributed by atoms with E-state index in [-0.39, 0.29) is 5.91 Å². The van der Waals surface area contributed by atoms with Gasteiger partial charge in [-0.25, -0.2) is 0 Å². The van der Waals surface area contributed by atoms with E-state index in [1.54, 1.807) is 0 Å². The number of amides is 1. The van der Waals surface area contributed by atoms with Gasteiger partial charge in [-0.05, 0) is 32.1 Å². The monoisotopic (exact) mass is 217 g/mol. The summed E-state index contributed by atoms with van der Waals surface area (Å²) in [5.74, 6) is 1.79. The standard InChI is InChI=1S/C11H20ClNO/c1-7-5-9(8(7)2)13-10(14)11(3,4)6-12/h7-9H,5-6H2,1-4H3,(H,13,14). The number of carbonyl (C=O) groups is 1. The summed E-state index contributed by atoms with van der Waals surface area (Å²) in [4.78, 5) is 11.8. The van der Waals surface area contributed by atoms with Crippen LogP contribution < -0.4 is 5.32 Å². The van der Waals surface area contributed by atoms with Gasteiger partial charge in [0.05, 0.1) is 5.41 Å². The van der Waals surface area contributed by atoms with Crippen molar-refractivity contribution in [2.75, 3.05) is 5.88 Å². The van der Waals surface area contributed by atoms with Gasteiger partial charge in [-0.1, -0.05) is 13.8 Å². The molecule has 0 spiro atoms. The third kappa shape index (κ3) is 2.22. The van der Waals surface area contributed by atoms with Crippen LogP contribution in [0.25, 0.3) is 0 Å². The Morgan fingerprint density at radius 2 is 2.07 bits per heavy atom. The van der Waals surface area contributed by atoms with Crippen LogP contribution in [-0.4, -0.2) is 17.8 Å². The van der Waals surface area contributed by atoms with Crippen molar-refractivity contribution in [1.82, 2.24) is 5.32 Å². The molecular weight excluding hydrogens is 198 g/mol. The fraction of sp³-hybridized carbons (Fsp3) is 0.909. The van der Waals surface area contributed by atoms with Crippen molar-refractivity contribution in [3.05, 3.63) is 0 Å². The average molecular weight is 218 g/mol. The van der Waals surface area contributed by atoms with Crippen LogP contribution in [0, 0.1) is 17.3 Å². The summed E-state index contributed by atoms with van der Waals surface area (Å²) >= 11 is 5.74. The van der Waals surface area contributed by atoms with E-state index in [4.69, 9.17) is 11.6 Å². The second-order valence-electron chi connectivity index (χ2n) is 5.17. The Morgan fingerprint density at radius 3 is 2.43 bits per heavy atom. The Hall–Kier alpha value is -0.240. The zero-order chi connectivity index (χ0) is 10.9. The summed E-state index contributed by atoms with van der Waals surface area (Å²) in [5.41, 5.74) is -0.444. The van der Waals surface area contributed by atoms with E-state index < -0.39 is 5.41 Å². The number of alkyl halides is 1. The lowest BCUT2D eigenvalue weighted by molar-refractivity contribution is -0.130. The van der Waals surface area contributed by atoms with Gasteiger partial charge in [0.2, 0.25) is 5.91 Å². The molecule has 1 aliphatic rings. The molecule has 1 amide bonds. The Bertz CT molecular complexity index is 227. The smallest absolute Gasteiger partial charge is 0.227 e. The molecule has 3 heteroatoms. The zero-order valence-electron chi connectivity index (χ0n) is 9.43. The maximum atomic E-state index is 11.8. The second kappa shape index (κ2) is 4.09. The highest BCUT2D eigenvalue weighted by Gasteiger charge is 2.37. The van der Waals surface area contributed by atoms with Crippen molar-refractivity contribution in [1.29, 1.82) is 0 Å². The first kappa shape index (κ1) is 11.8. The third-order valence-electron chi connectivity index (χ3n) is 3.42. The SMILES string of the molecule is CC1CC(NC(=O)C(C)(C)CCl)C1C. The van der Waals surface area contributed by atoms with Crippen molar-refractivity contribution < 1.29 is 4.79 Å². The van der Waals surface area contributed by atoms with Gasteiger partial charge in [0.1, 0.15) is 0 Å². The van der Waals surface area contributed by atoms with Crippen molar-refractivity contribution in [3.63, 3.8) is 0 Å². The molecule has 1 N–H and O–H groups in total. The van der Waals surface area contributed by atoms with E-state index in [9.17, 15) is 4.79 Å². The van der Waals surface area contributed by atoms with Crippen molar-refractivity contribution in [3.8, 4) is 0 Å². The van der Waals surface area contributed by atoms with Crippen molar-refractivity contribution in [2.24, 2.45) is 17.3 Å². The topological polar surface area (TPSA) is 29.1 Å². The predicted molar refractivity (Wildman–Crippen MR) is 59.4 cm³/mol. The molecule has 0 radical (unpaired) electrons. The summed E-state index contributed by atoms with van der Waals surface area (Å²) in [6.07, 6.45) is 1.10. The van der Waals surface area contributed by atoms with Gasteiger partial charge in [0.15, 0.2) is 0 Å². The number of hydrogen-bond acceptors (Lipinski definition) is 1. The lowest BCUT2D eigenvalue weighted by Gasteiger charge is -2.42. The van der Waals surface area contributed by atoms with Crippen LogP contribution in [0.5, 0.6) is 0 Å². The minimum Gasteiger partial charge on any atom is -0.353 e. The van der Waals surface area contributed by atoms with E-state index in [2.05, 4.69) is 19.2 Å². The molecule has 0 aliphatic heterocycles. The van der Waals surface area contributed by atoms with Crippen molar-refractivity contribution >= 4 is 17.5 Å². The Labute approximate surface area is 91.4 Å². The average Bonchev–Trinajstić information content (AvgIpc) is 2.16. The molecule has 3 atom stereocenters. The van der Waals surface area contributed by atoms with Gasteiger partial charge in [0, 0.05) is 11.9 Å². The predicted octanol–water partition coefficient (Wildman–Crippen LogP) is 2.41. The summed E-state index contributed by atoms with van der Waals surface area (Å²) in [7, 11) is 0. The minimum atomic E-state index is -0.444. The molecule has 3 unspecified atom stereocenters. The molecule has 1 aliphatic carbocycles. The fourth-order valence-corrected chi connectivity index (χ4v) is 1.77. The van der Waals surface area contributed by atoms with Crippen LogP contribution in [0.2, 0.25) is 0 Å². The van der Waals surface area contributed by atoms with Crippen LogP contribution in [0.1, 0.15) is 34.1 Å². The van der Waals surface area contributed by atoms with Crippen molar-refractivity contribution in [2.45, 2.75) is 40.2 Å². The number of nitrogens with one attached hydrogen (secondary N) is 1. The minimum absolute atomic E-state index is 0.0799. The van der Waals surface area contributed by atoms with Gasteiger partial charge in [0.25, 0.3) is 0 Å². The molecule has 0 saturated heterocycles. The van der Waals surface area contributed by atoms with Gasteiger partial charge in [-0.2, -0.15) is 0 Å². The molecular formula is C11H20ClNO. The van der Waals surface area contributed by atoms with Gasteiger partial charge in [-0.3, -0.25) is 4.79 Å². The largest absolute Gasteiger partial charge is 0.353 e. The summed E-state index contributed by atoms with van der Waals surface area (Å²) in [6.45, 7) is 8.16. The molecule has 1 rings (SSSR count). The molecule has 0 aromatic heterocycles. The fourth-order valence-electron chi connectivity index (χ4n) is 1.65. The van der Waals surface area contributed by atoms with E-state index in [1.807, 2.05) is 13.8 Å². The lowest BCUT2D eigenvalue weighted by atomic mass is 9.71. The molecule has 0 aromatic rings. The highest BCUT2D eigenvalue weighted by molar-refractivity contribution is 6.19. The molecule has 1 saturated carbocycles. The van der Waals surface area contributed by atoms with E-state index >= 15 is 0 Å². The number of hydrogen-bond donors (Lipinski definition) is 1. The van der Waals surface area contributed by atoms with Crippen LogP contribution in [0.3, 0.4) is 0 Å². The lowest BCUT2D eigenvalue weighted by Crippen LogP contribution is -2.53. The van der Waals surface area contributed by atoms with Crippen LogP contribution >= 0.6 is 11.6 Å². The molecule has 2 nitrogen and oxygen atoms in total. The van der Waals surface area contributed by atoms with Gasteiger partial charge < -0.3 is 5.32 Å². The highest BCUT2D eigenvalue weighted by atomic mass is 35.5. The molecule has 0 bridgehead atoms. The van der Waals surface area contributed by atoms with Crippen LogP contribution in [0.15, 0.2) is 0 Å². The van der Waals surface area contributed by atoms with Gasteiger partial charge >= 0.3 is 0 Å². The van der Waals surface area contributed by atoms with Gasteiger partial charge in [-0.15, -0.1) is 11.6 Å². The van der Waals surface area contributed by atoms with Crippen LogP contribution in [0.4, 0.5) is 0 Å². The Morgan fingerprint density at radius 1 is 1.50 bits per heavy atom. The molecule has 0 heterocycles. The number of carbonyl (C=O) groups excluding carboxylic acids is 1. The summed E-state index contributed by atoms with van der Waals surface area (Å²) < 4.78 is 0. The number of halogens is 1. The van der Waals surface area contributed by atoms with E-state index in [0.29, 0.717) is 17.8 Å². The molecule has 1 fully saturated rings. The molecule has 82 valence electrons. The first-order valence-electron chi connectivity index (χ1n) is 5.25. The highest BCUT2D eigenvalue weighted by Crippen LogP contribution is 2.34. The summed E-state index contributed by atoms with van der Waals surface area (Å²) in [5, 5.41) is 3.06. The van der Waals surface area contributed by atoms with Crippen LogP contribution in [-0.2, 0) is 4.79 Å². The third-order valence-corrected chi connectivity index (χ3v) is 4.09.